The number of pyridine rings is 1. The third kappa shape index (κ3) is 6.78. The summed E-state index contributed by atoms with van der Waals surface area (Å²) in [6.45, 7) is -0.203. The third-order valence-corrected chi connectivity index (χ3v) is 14.7. The van der Waals surface area contributed by atoms with Gasteiger partial charge >= 0.3 is 0 Å². The Morgan fingerprint density at radius 2 is 1.32 bits per heavy atom. The molecule has 0 fully saturated rings. The van der Waals surface area contributed by atoms with Gasteiger partial charge in [0, 0.05) is 28.6 Å². The fraction of sp³-hybridized carbons (Fsp3) is 0.0930. The molecule has 0 radical (unpaired) electrons. The van der Waals surface area contributed by atoms with Gasteiger partial charge in [0.25, 0.3) is 17.7 Å². The van der Waals surface area contributed by atoms with Gasteiger partial charge in [0.05, 0.1) is 86.4 Å². The number of Topliss-reactive ketones (excluding diaryl/α,β-unsaturated/α-hetero) is 2. The fourth-order valence-corrected chi connectivity index (χ4v) is 10.4. The number of nitrogens with zero attached hydrogens (tertiary/aromatic N) is 3. The Morgan fingerprint density at radius 3 is 1.95 bits per heavy atom. The molecule has 2 heterocycles. The predicted octanol–water partition coefficient (Wildman–Crippen LogP) is 12.1. The molecule has 2 aliphatic rings. The Labute approximate surface area is 380 Å². The molecule has 8 rings (SSSR count). The molecule has 0 bridgehead atoms. The molecule has 0 saturated heterocycles. The van der Waals surface area contributed by atoms with Crippen LogP contribution in [0.1, 0.15) is 84.9 Å². The SMILES string of the molecule is CN(C(=O)c1c(Cl)c(Cl)c(Cl)c(Cl)c1C=O)c1ccc(CN2C(=O)c3ccccc3C2=O)c2ccc(C3C(=O)c4c(Cl)c(Cl)c(SCc5ccccc5)c(Cl)c4C3=O)nc12. The highest BCUT2D eigenvalue weighted by atomic mass is 35.5. The average Bonchev–Trinajstić information content (AvgIpc) is 3.66. The zero-order chi connectivity index (χ0) is 42.9. The standard InChI is InChI=1S/C43H22Cl7N3O6S/c1-52(43(59)26-23(16-54)30(44)34(48)35(49)31(26)45)25-14-11-19(15-53-41(57)21-9-5-6-10-22(21)42(53)58)20-12-13-24(51-37(20)25)27-38(55)28-29(39(27)56)33(47)40(36(50)32(28)46)60-17-18-7-3-2-4-8-18/h2-14,16,27H,15,17H2,1H3. The highest BCUT2D eigenvalue weighted by Crippen LogP contribution is 2.50. The lowest BCUT2D eigenvalue weighted by molar-refractivity contribution is 0.0641. The topological polar surface area (TPSA) is 122 Å². The van der Waals surface area contributed by atoms with Gasteiger partial charge in [-0.3, -0.25) is 33.7 Å². The lowest BCUT2D eigenvalue weighted by Crippen LogP contribution is -2.30. The van der Waals surface area contributed by atoms with Crippen LogP contribution in [-0.4, -0.2) is 52.5 Å². The third-order valence-electron chi connectivity index (χ3n) is 10.3. The summed E-state index contributed by atoms with van der Waals surface area (Å²) in [5.41, 5.74) is 1.10. The molecular weight excluding hydrogens is 935 g/mol. The van der Waals surface area contributed by atoms with Crippen LogP contribution in [0.25, 0.3) is 10.9 Å². The number of halogens is 7. The van der Waals surface area contributed by atoms with Crippen molar-refractivity contribution >= 4 is 145 Å². The lowest BCUT2D eigenvalue weighted by Gasteiger charge is -2.23. The molecule has 6 aromatic rings. The summed E-state index contributed by atoms with van der Waals surface area (Å²) in [5.74, 6) is -4.32. The number of aromatic nitrogens is 1. The first kappa shape index (κ1) is 42.2. The quantitative estimate of drug-likeness (QED) is 0.0351. The summed E-state index contributed by atoms with van der Waals surface area (Å²) in [6, 6.07) is 22.0. The molecule has 0 saturated carbocycles. The Balaban J connectivity index is 1.25. The smallest absolute Gasteiger partial charge is 0.261 e. The summed E-state index contributed by atoms with van der Waals surface area (Å²) >= 11 is 46.9. The molecule has 1 aliphatic carbocycles. The van der Waals surface area contributed by atoms with E-state index in [4.69, 9.17) is 86.2 Å². The number of hydrogen-bond acceptors (Lipinski definition) is 8. The van der Waals surface area contributed by atoms with E-state index in [0.717, 1.165) is 15.4 Å². The van der Waals surface area contributed by atoms with Crippen molar-refractivity contribution in [3.63, 3.8) is 0 Å². The first-order valence-corrected chi connectivity index (χ1v) is 21.2. The Morgan fingerprint density at radius 1 is 0.717 bits per heavy atom. The van der Waals surface area contributed by atoms with Crippen molar-refractivity contribution in [1.29, 1.82) is 0 Å². The van der Waals surface area contributed by atoms with Gasteiger partial charge in [0.1, 0.15) is 5.92 Å². The molecule has 1 aliphatic heterocycles. The predicted molar refractivity (Wildman–Crippen MR) is 236 cm³/mol. The highest BCUT2D eigenvalue weighted by Gasteiger charge is 2.46. The zero-order valence-corrected chi connectivity index (χ0v) is 36.5. The van der Waals surface area contributed by atoms with Crippen molar-refractivity contribution in [2.24, 2.45) is 0 Å². The number of amides is 3. The van der Waals surface area contributed by atoms with Gasteiger partial charge in [-0.1, -0.05) is 136 Å². The van der Waals surface area contributed by atoms with Crippen molar-refractivity contribution in [2.45, 2.75) is 23.1 Å². The summed E-state index contributed by atoms with van der Waals surface area (Å²) < 4.78 is 0. The minimum atomic E-state index is -1.52. The Bertz CT molecular complexity index is 2910. The fourth-order valence-electron chi connectivity index (χ4n) is 7.28. The molecule has 1 unspecified atom stereocenters. The van der Waals surface area contributed by atoms with E-state index in [0.29, 0.717) is 27.9 Å². The second kappa shape index (κ2) is 16.4. The van der Waals surface area contributed by atoms with Crippen LogP contribution in [0.15, 0.2) is 83.8 Å². The van der Waals surface area contributed by atoms with Gasteiger partial charge in [-0.25, -0.2) is 4.98 Å². The molecule has 0 spiro atoms. The maximum absolute atomic E-state index is 14.4. The Kier molecular flexibility index (Phi) is 11.5. The van der Waals surface area contributed by atoms with E-state index in [1.807, 2.05) is 30.3 Å². The van der Waals surface area contributed by atoms with Crippen LogP contribution in [0.5, 0.6) is 0 Å². The van der Waals surface area contributed by atoms with Crippen LogP contribution < -0.4 is 4.90 Å². The monoisotopic (exact) mass is 953 g/mol. The Hall–Kier alpha value is -4.49. The molecule has 5 aromatic carbocycles. The maximum atomic E-state index is 14.4. The molecule has 1 atom stereocenters. The van der Waals surface area contributed by atoms with E-state index in [1.54, 1.807) is 36.4 Å². The van der Waals surface area contributed by atoms with Gasteiger partial charge in [0.2, 0.25) is 0 Å². The molecule has 300 valence electrons. The van der Waals surface area contributed by atoms with E-state index in [1.165, 1.54) is 30.9 Å². The van der Waals surface area contributed by atoms with Crippen LogP contribution in [-0.2, 0) is 12.3 Å². The van der Waals surface area contributed by atoms with Crippen LogP contribution in [0.2, 0.25) is 35.2 Å². The first-order valence-electron chi connectivity index (χ1n) is 17.6. The van der Waals surface area contributed by atoms with Crippen molar-refractivity contribution in [2.75, 3.05) is 11.9 Å². The molecule has 9 nitrogen and oxygen atoms in total. The molecule has 3 amide bonds. The number of benzene rings is 5. The number of ketones is 2. The van der Waals surface area contributed by atoms with E-state index >= 15 is 0 Å². The number of carbonyl (C=O) groups is 6. The number of anilines is 1. The van der Waals surface area contributed by atoms with Gasteiger partial charge in [-0.2, -0.15) is 0 Å². The number of thioether (sulfide) groups is 1. The average molecular weight is 957 g/mol. The van der Waals surface area contributed by atoms with E-state index in [2.05, 4.69) is 0 Å². The minimum absolute atomic E-state index is 0.0191. The largest absolute Gasteiger partial charge is 0.309 e. The number of aldehydes is 1. The highest BCUT2D eigenvalue weighted by molar-refractivity contribution is 7.98. The van der Waals surface area contributed by atoms with Gasteiger partial charge in [-0.05, 0) is 35.4 Å². The van der Waals surface area contributed by atoms with Crippen LogP contribution >= 0.6 is 93.0 Å². The van der Waals surface area contributed by atoms with Crippen molar-refractivity contribution in [1.82, 2.24) is 9.88 Å². The van der Waals surface area contributed by atoms with Crippen molar-refractivity contribution in [3.8, 4) is 0 Å². The summed E-state index contributed by atoms with van der Waals surface area (Å²) in [6.07, 6.45) is 0.320. The van der Waals surface area contributed by atoms with Crippen molar-refractivity contribution in [3.05, 3.63) is 164 Å². The zero-order valence-electron chi connectivity index (χ0n) is 30.4. The molecule has 1 aromatic heterocycles. The minimum Gasteiger partial charge on any atom is -0.309 e. The van der Waals surface area contributed by atoms with E-state index in [9.17, 15) is 28.8 Å². The van der Waals surface area contributed by atoms with Crippen molar-refractivity contribution < 1.29 is 28.8 Å². The van der Waals surface area contributed by atoms with Gasteiger partial charge in [-0.15, -0.1) is 11.8 Å². The normalized spacial score (nSPS) is 14.6. The second-order valence-electron chi connectivity index (χ2n) is 13.6. The number of carbonyl (C=O) groups excluding carboxylic acids is 6. The number of hydrogen-bond donors (Lipinski definition) is 0. The first-order chi connectivity index (χ1) is 28.7. The maximum Gasteiger partial charge on any atom is 0.261 e. The lowest BCUT2D eigenvalue weighted by atomic mass is 9.97. The molecule has 17 heteroatoms. The molecular formula is C43H22Cl7N3O6S. The number of fused-ring (bicyclic) bond motifs is 3. The van der Waals surface area contributed by atoms with Crippen LogP contribution in [0.4, 0.5) is 5.69 Å². The van der Waals surface area contributed by atoms with Crippen LogP contribution in [0.3, 0.4) is 0 Å². The second-order valence-corrected chi connectivity index (χ2v) is 17.2. The van der Waals surface area contributed by atoms with E-state index < -0.39 is 35.2 Å². The van der Waals surface area contributed by atoms with Gasteiger partial charge in [0.15, 0.2) is 17.9 Å². The summed E-state index contributed by atoms with van der Waals surface area (Å²) in [4.78, 5) is 89.3. The van der Waals surface area contributed by atoms with E-state index in [-0.39, 0.29) is 92.0 Å². The molecule has 0 N–H and O–H groups in total. The molecule has 60 heavy (non-hydrogen) atoms. The number of rotatable bonds is 9. The van der Waals surface area contributed by atoms with Gasteiger partial charge < -0.3 is 4.90 Å². The number of imide groups is 1. The van der Waals surface area contributed by atoms with Crippen LogP contribution in [0, 0.1) is 0 Å². The summed E-state index contributed by atoms with van der Waals surface area (Å²) in [5, 5.41) is -0.917. The summed E-state index contributed by atoms with van der Waals surface area (Å²) in [7, 11) is 1.37.